The molecule has 1 heterocycles. The lowest BCUT2D eigenvalue weighted by molar-refractivity contribution is 0.208. The van der Waals surface area contributed by atoms with Gasteiger partial charge in [0.1, 0.15) is 0 Å². The van der Waals surface area contributed by atoms with Crippen molar-refractivity contribution in [1.29, 1.82) is 0 Å². The number of hydrogen-bond donors (Lipinski definition) is 1. The van der Waals surface area contributed by atoms with Gasteiger partial charge in [0.05, 0.1) is 0 Å². The maximum absolute atomic E-state index is 3.47. The Bertz CT molecular complexity index is 75.4. The highest BCUT2D eigenvalue weighted by molar-refractivity contribution is 5.85. The van der Waals surface area contributed by atoms with E-state index in [0.29, 0.717) is 12.1 Å². The SMILES string of the molecule is C[C@@H]1CN(C)C[C@H](C)N1.Cl.Cl. The topological polar surface area (TPSA) is 15.3 Å². The van der Waals surface area contributed by atoms with Crippen LogP contribution >= 0.6 is 24.8 Å². The van der Waals surface area contributed by atoms with E-state index in [1.54, 1.807) is 0 Å². The smallest absolute Gasteiger partial charge is 0.0169 e. The fourth-order valence-corrected chi connectivity index (χ4v) is 1.60. The molecule has 0 saturated carbocycles. The molecule has 11 heavy (non-hydrogen) atoms. The summed E-state index contributed by atoms with van der Waals surface area (Å²) in [6.45, 7) is 6.83. The number of piperazine rings is 1. The van der Waals surface area contributed by atoms with Gasteiger partial charge in [0.15, 0.2) is 0 Å². The third-order valence-corrected chi connectivity index (χ3v) is 1.74. The minimum atomic E-state index is 0. The van der Waals surface area contributed by atoms with Crippen LogP contribution in [0.2, 0.25) is 0 Å². The lowest BCUT2D eigenvalue weighted by Crippen LogP contribution is -2.52. The van der Waals surface area contributed by atoms with Crippen LogP contribution in [0.1, 0.15) is 13.8 Å². The van der Waals surface area contributed by atoms with Crippen molar-refractivity contribution in [2.75, 3.05) is 20.1 Å². The van der Waals surface area contributed by atoms with Gasteiger partial charge in [-0.15, -0.1) is 24.8 Å². The summed E-state index contributed by atoms with van der Waals surface area (Å²) in [5.74, 6) is 0. The second kappa shape index (κ2) is 6.06. The lowest BCUT2D eigenvalue weighted by Gasteiger charge is -2.33. The Morgan fingerprint density at radius 1 is 1.09 bits per heavy atom. The second-order valence-corrected chi connectivity index (χ2v) is 3.19. The van der Waals surface area contributed by atoms with Crippen LogP contribution in [-0.4, -0.2) is 37.1 Å². The van der Waals surface area contributed by atoms with E-state index in [1.165, 1.54) is 13.1 Å². The summed E-state index contributed by atoms with van der Waals surface area (Å²) in [5, 5.41) is 3.47. The van der Waals surface area contributed by atoms with Crippen LogP contribution in [0.4, 0.5) is 0 Å². The molecule has 1 saturated heterocycles. The van der Waals surface area contributed by atoms with Crippen molar-refractivity contribution in [3.8, 4) is 0 Å². The Morgan fingerprint density at radius 3 is 1.73 bits per heavy atom. The summed E-state index contributed by atoms with van der Waals surface area (Å²) in [6.07, 6.45) is 0. The summed E-state index contributed by atoms with van der Waals surface area (Å²) >= 11 is 0. The van der Waals surface area contributed by atoms with Gasteiger partial charge in [0.2, 0.25) is 0 Å². The van der Waals surface area contributed by atoms with Crippen LogP contribution < -0.4 is 5.32 Å². The lowest BCUT2D eigenvalue weighted by atomic mass is 10.2. The molecule has 0 radical (unpaired) electrons. The molecule has 2 atom stereocenters. The first kappa shape index (κ1) is 14.0. The molecular weight excluding hydrogens is 183 g/mol. The second-order valence-electron chi connectivity index (χ2n) is 3.19. The zero-order valence-electron chi connectivity index (χ0n) is 7.33. The normalized spacial score (nSPS) is 31.9. The Hall–Kier alpha value is 0.500. The molecule has 1 aliphatic heterocycles. The number of nitrogens with one attached hydrogen (secondary N) is 1. The predicted molar refractivity (Wildman–Crippen MR) is 54.1 cm³/mol. The minimum Gasteiger partial charge on any atom is -0.309 e. The summed E-state index contributed by atoms with van der Waals surface area (Å²) < 4.78 is 0. The zero-order chi connectivity index (χ0) is 6.85. The van der Waals surface area contributed by atoms with Gasteiger partial charge in [-0.2, -0.15) is 0 Å². The molecule has 0 unspecified atom stereocenters. The van der Waals surface area contributed by atoms with Crippen LogP contribution in [0, 0.1) is 0 Å². The molecule has 2 nitrogen and oxygen atoms in total. The average Bonchev–Trinajstić information content (AvgIpc) is 1.59. The third kappa shape index (κ3) is 4.86. The molecule has 0 amide bonds. The molecule has 70 valence electrons. The van der Waals surface area contributed by atoms with Gasteiger partial charge in [-0.1, -0.05) is 0 Å². The predicted octanol–water partition coefficient (Wildman–Crippen LogP) is 1.14. The van der Waals surface area contributed by atoms with Crippen molar-refractivity contribution >= 4 is 24.8 Å². The summed E-state index contributed by atoms with van der Waals surface area (Å²) in [4.78, 5) is 2.37. The molecule has 0 aromatic carbocycles. The molecule has 0 aliphatic carbocycles. The largest absolute Gasteiger partial charge is 0.309 e. The quantitative estimate of drug-likeness (QED) is 0.632. The van der Waals surface area contributed by atoms with Gasteiger partial charge >= 0.3 is 0 Å². The fourth-order valence-electron chi connectivity index (χ4n) is 1.60. The van der Waals surface area contributed by atoms with Crippen LogP contribution in [0.3, 0.4) is 0 Å². The average molecular weight is 201 g/mol. The number of rotatable bonds is 0. The van der Waals surface area contributed by atoms with Crippen molar-refractivity contribution < 1.29 is 0 Å². The van der Waals surface area contributed by atoms with Crippen molar-refractivity contribution in [2.45, 2.75) is 25.9 Å². The standard InChI is InChI=1S/C7H16N2.2ClH/c1-6-4-9(3)5-7(2)8-6;;/h6-8H,4-5H2,1-3H3;2*1H/t6-,7+;;. The first-order valence-corrected chi connectivity index (χ1v) is 3.63. The van der Waals surface area contributed by atoms with E-state index in [9.17, 15) is 0 Å². The highest BCUT2D eigenvalue weighted by Crippen LogP contribution is 1.99. The third-order valence-electron chi connectivity index (χ3n) is 1.74. The summed E-state index contributed by atoms with van der Waals surface area (Å²) in [5.41, 5.74) is 0. The van der Waals surface area contributed by atoms with Gasteiger partial charge in [0, 0.05) is 25.2 Å². The van der Waals surface area contributed by atoms with E-state index in [1.807, 2.05) is 0 Å². The van der Waals surface area contributed by atoms with Gasteiger partial charge in [0.25, 0.3) is 0 Å². The van der Waals surface area contributed by atoms with Crippen molar-refractivity contribution in [2.24, 2.45) is 0 Å². The monoisotopic (exact) mass is 200 g/mol. The van der Waals surface area contributed by atoms with Crippen molar-refractivity contribution in [1.82, 2.24) is 10.2 Å². The van der Waals surface area contributed by atoms with Crippen LogP contribution in [0.15, 0.2) is 0 Å². The van der Waals surface area contributed by atoms with E-state index < -0.39 is 0 Å². The van der Waals surface area contributed by atoms with Crippen LogP contribution in [0.25, 0.3) is 0 Å². The molecule has 1 rings (SSSR count). The molecule has 0 spiro atoms. The van der Waals surface area contributed by atoms with E-state index >= 15 is 0 Å². The van der Waals surface area contributed by atoms with Crippen LogP contribution in [-0.2, 0) is 0 Å². The molecular formula is C7H18Cl2N2. The van der Waals surface area contributed by atoms with Gasteiger partial charge in [-0.25, -0.2) is 0 Å². The molecule has 0 aromatic heterocycles. The minimum absolute atomic E-state index is 0. The Morgan fingerprint density at radius 2 is 1.45 bits per heavy atom. The Labute approximate surface area is 81.5 Å². The maximum Gasteiger partial charge on any atom is 0.0169 e. The van der Waals surface area contributed by atoms with Gasteiger partial charge in [-0.3, -0.25) is 0 Å². The Kier molecular flexibility index (Phi) is 7.75. The number of halogens is 2. The zero-order valence-corrected chi connectivity index (χ0v) is 8.97. The first-order chi connectivity index (χ1) is 4.18. The molecule has 0 bridgehead atoms. The number of likely N-dealkylation sites (N-methyl/N-ethyl adjacent to an activating group) is 1. The molecule has 1 aliphatic rings. The highest BCUT2D eigenvalue weighted by atomic mass is 35.5. The number of nitrogens with zero attached hydrogens (tertiary/aromatic N) is 1. The molecule has 4 heteroatoms. The van der Waals surface area contributed by atoms with Gasteiger partial charge in [-0.05, 0) is 20.9 Å². The molecule has 1 fully saturated rings. The van der Waals surface area contributed by atoms with E-state index in [-0.39, 0.29) is 24.8 Å². The van der Waals surface area contributed by atoms with Crippen LogP contribution in [0.5, 0.6) is 0 Å². The molecule has 0 aromatic rings. The summed E-state index contributed by atoms with van der Waals surface area (Å²) in [7, 11) is 2.17. The fraction of sp³-hybridized carbons (Fsp3) is 1.00. The summed E-state index contributed by atoms with van der Waals surface area (Å²) in [6, 6.07) is 1.33. The van der Waals surface area contributed by atoms with Crippen molar-refractivity contribution in [3.63, 3.8) is 0 Å². The molecule has 1 N–H and O–H groups in total. The maximum atomic E-state index is 3.47. The first-order valence-electron chi connectivity index (χ1n) is 3.63. The van der Waals surface area contributed by atoms with Gasteiger partial charge < -0.3 is 10.2 Å². The highest BCUT2D eigenvalue weighted by Gasteiger charge is 2.16. The van der Waals surface area contributed by atoms with E-state index in [0.717, 1.165) is 0 Å². The number of hydrogen-bond acceptors (Lipinski definition) is 2. The van der Waals surface area contributed by atoms with E-state index in [2.05, 4.69) is 31.1 Å². The van der Waals surface area contributed by atoms with Crippen molar-refractivity contribution in [3.05, 3.63) is 0 Å². The Balaban J connectivity index is 0. The van der Waals surface area contributed by atoms with E-state index in [4.69, 9.17) is 0 Å².